The van der Waals surface area contributed by atoms with E-state index in [4.69, 9.17) is 4.74 Å². The Hall–Kier alpha value is -3.69. The Morgan fingerprint density at radius 2 is 1.78 bits per heavy atom. The monoisotopic (exact) mass is 559 g/mol. The molecule has 41 heavy (non-hydrogen) atoms. The molecule has 0 bridgehead atoms. The van der Waals surface area contributed by atoms with Crippen LogP contribution in [-0.2, 0) is 27.3 Å². The van der Waals surface area contributed by atoms with Gasteiger partial charge in [0.05, 0.1) is 16.9 Å². The molecular weight excluding hydrogens is 528 g/mol. The van der Waals surface area contributed by atoms with Gasteiger partial charge in [0, 0.05) is 44.5 Å². The zero-order valence-corrected chi connectivity index (χ0v) is 22.7. The molecule has 0 saturated carbocycles. The number of nitrogens with zero attached hydrogens (tertiary/aromatic N) is 2. The maximum Gasteiger partial charge on any atom is 0.259 e. The Kier molecular flexibility index (Phi) is 6.39. The molecule has 4 heterocycles. The van der Waals surface area contributed by atoms with Crippen molar-refractivity contribution in [2.45, 2.75) is 63.1 Å². The molecule has 3 aromatic carbocycles. The minimum atomic E-state index is -0.856. The summed E-state index contributed by atoms with van der Waals surface area (Å²) in [5.41, 5.74) is 2.80. The number of ether oxygens (including phenoxy) is 1. The Morgan fingerprint density at radius 3 is 2.51 bits per heavy atom. The highest BCUT2D eigenvalue weighted by Gasteiger charge is 2.41. The number of carbonyl (C=O) groups excluding carboxylic acids is 3. The first kappa shape index (κ1) is 26.2. The molecule has 9 heteroatoms. The van der Waals surface area contributed by atoms with E-state index in [1.807, 2.05) is 6.07 Å². The van der Waals surface area contributed by atoms with Gasteiger partial charge < -0.3 is 4.74 Å². The summed E-state index contributed by atoms with van der Waals surface area (Å²) in [6.45, 7) is 3.40. The second kappa shape index (κ2) is 9.99. The lowest BCUT2D eigenvalue weighted by atomic mass is 9.88. The molecule has 0 radical (unpaired) electrons. The Bertz CT molecular complexity index is 1590. The van der Waals surface area contributed by atoms with Crippen LogP contribution in [0, 0.1) is 11.6 Å². The summed E-state index contributed by atoms with van der Waals surface area (Å²) >= 11 is 0. The van der Waals surface area contributed by atoms with Gasteiger partial charge in [0.1, 0.15) is 17.7 Å². The average Bonchev–Trinajstić information content (AvgIpc) is 3.51. The van der Waals surface area contributed by atoms with E-state index in [9.17, 15) is 18.8 Å². The first-order valence-electron chi connectivity index (χ1n) is 14.4. The number of carbonyl (C=O) groups is 3. The lowest BCUT2D eigenvalue weighted by Gasteiger charge is -2.38. The van der Waals surface area contributed by atoms with Crippen LogP contribution < -0.4 is 10.2 Å². The van der Waals surface area contributed by atoms with Gasteiger partial charge in [-0.25, -0.2) is 8.78 Å². The van der Waals surface area contributed by atoms with Crippen molar-refractivity contribution in [3.05, 3.63) is 76.4 Å². The Labute approximate surface area is 236 Å². The molecular formula is C32H31F2N3O4. The quantitative estimate of drug-likeness (QED) is 0.462. The molecule has 3 saturated heterocycles. The van der Waals surface area contributed by atoms with Crippen molar-refractivity contribution in [2.24, 2.45) is 0 Å². The standard InChI is InChI=1S/C32H31F2N3O4/c33-22-16-23-20(4-5-26-29(23)24(17-22)31(40)37(26)27-6-7-28(38)35-30(27)39)15-21-3-2-19(14-25(21)34)18-36-11-9-32(10-12-36)8-1-13-41-32/h2-5,14,16-17,27H,1,6-13,15,18H2,(H,35,38,39). The van der Waals surface area contributed by atoms with E-state index < -0.39 is 23.7 Å². The number of anilines is 1. The van der Waals surface area contributed by atoms with E-state index in [0.29, 0.717) is 34.1 Å². The van der Waals surface area contributed by atoms with E-state index in [2.05, 4.69) is 10.2 Å². The van der Waals surface area contributed by atoms with Crippen LogP contribution in [0.15, 0.2) is 42.5 Å². The van der Waals surface area contributed by atoms with Gasteiger partial charge in [0.2, 0.25) is 11.8 Å². The lowest BCUT2D eigenvalue weighted by Crippen LogP contribution is -2.53. The van der Waals surface area contributed by atoms with E-state index in [1.165, 1.54) is 17.0 Å². The normalized spacial score (nSPS) is 22.2. The summed E-state index contributed by atoms with van der Waals surface area (Å²) in [6.07, 6.45) is 4.83. The predicted octanol–water partition coefficient (Wildman–Crippen LogP) is 4.62. The number of amides is 3. The van der Waals surface area contributed by atoms with Crippen molar-refractivity contribution >= 4 is 34.2 Å². The van der Waals surface area contributed by atoms with E-state index in [0.717, 1.165) is 50.9 Å². The van der Waals surface area contributed by atoms with Crippen molar-refractivity contribution in [1.82, 2.24) is 10.2 Å². The molecule has 7 rings (SSSR count). The van der Waals surface area contributed by atoms with E-state index >= 15 is 4.39 Å². The lowest BCUT2D eigenvalue weighted by molar-refractivity contribution is -0.134. The summed E-state index contributed by atoms with van der Waals surface area (Å²) in [6, 6.07) is 10.5. The number of nitrogens with one attached hydrogen (secondary N) is 1. The zero-order chi connectivity index (χ0) is 28.3. The molecule has 1 atom stereocenters. The minimum Gasteiger partial charge on any atom is -0.375 e. The Balaban J connectivity index is 1.13. The summed E-state index contributed by atoms with van der Waals surface area (Å²) in [7, 11) is 0. The highest BCUT2D eigenvalue weighted by molar-refractivity contribution is 6.27. The van der Waals surface area contributed by atoms with Crippen LogP contribution in [0.4, 0.5) is 14.5 Å². The number of halogens is 2. The van der Waals surface area contributed by atoms with Gasteiger partial charge in [-0.3, -0.25) is 29.5 Å². The number of piperidine rings is 2. The maximum atomic E-state index is 15.4. The van der Waals surface area contributed by atoms with Gasteiger partial charge in [-0.05, 0) is 78.4 Å². The molecule has 1 spiro atoms. The second-order valence-electron chi connectivity index (χ2n) is 11.8. The number of rotatable bonds is 5. The largest absolute Gasteiger partial charge is 0.375 e. The highest BCUT2D eigenvalue weighted by Crippen LogP contribution is 2.42. The van der Waals surface area contributed by atoms with Crippen LogP contribution in [-0.4, -0.2) is 54.0 Å². The van der Waals surface area contributed by atoms with Crippen LogP contribution in [0.5, 0.6) is 0 Å². The maximum absolute atomic E-state index is 15.4. The third-order valence-corrected chi connectivity index (χ3v) is 9.23. The number of imide groups is 1. The molecule has 7 nitrogen and oxygen atoms in total. The zero-order valence-electron chi connectivity index (χ0n) is 22.7. The summed E-state index contributed by atoms with van der Waals surface area (Å²) in [5.74, 6) is -2.29. The van der Waals surface area contributed by atoms with Gasteiger partial charge in [0.15, 0.2) is 0 Å². The molecule has 1 N–H and O–H groups in total. The number of hydrogen-bond donors (Lipinski definition) is 1. The topological polar surface area (TPSA) is 79.0 Å². The van der Waals surface area contributed by atoms with Crippen molar-refractivity contribution < 1.29 is 27.9 Å². The molecule has 0 aromatic heterocycles. The molecule has 3 amide bonds. The van der Waals surface area contributed by atoms with Crippen LogP contribution in [0.25, 0.3) is 10.8 Å². The molecule has 0 aliphatic carbocycles. The van der Waals surface area contributed by atoms with Crippen LogP contribution in [0.2, 0.25) is 0 Å². The molecule has 212 valence electrons. The van der Waals surface area contributed by atoms with Crippen molar-refractivity contribution in [3.63, 3.8) is 0 Å². The number of benzene rings is 3. The summed E-state index contributed by atoms with van der Waals surface area (Å²) in [5, 5.41) is 3.35. The van der Waals surface area contributed by atoms with Crippen molar-refractivity contribution in [2.75, 3.05) is 24.6 Å². The van der Waals surface area contributed by atoms with Gasteiger partial charge in [0.25, 0.3) is 5.91 Å². The van der Waals surface area contributed by atoms with Crippen molar-refractivity contribution in [1.29, 1.82) is 0 Å². The first-order chi connectivity index (χ1) is 19.8. The van der Waals surface area contributed by atoms with Crippen LogP contribution >= 0.6 is 0 Å². The van der Waals surface area contributed by atoms with Crippen molar-refractivity contribution in [3.8, 4) is 0 Å². The minimum absolute atomic E-state index is 0.0498. The second-order valence-corrected chi connectivity index (χ2v) is 11.8. The first-order valence-corrected chi connectivity index (χ1v) is 14.4. The van der Waals surface area contributed by atoms with E-state index in [-0.39, 0.29) is 42.2 Å². The van der Waals surface area contributed by atoms with Gasteiger partial charge in [-0.2, -0.15) is 0 Å². The molecule has 4 aliphatic heterocycles. The fourth-order valence-corrected chi connectivity index (χ4v) is 7.05. The molecule has 1 unspecified atom stereocenters. The third-order valence-electron chi connectivity index (χ3n) is 9.23. The van der Waals surface area contributed by atoms with Gasteiger partial charge >= 0.3 is 0 Å². The van der Waals surface area contributed by atoms with Gasteiger partial charge in [-0.15, -0.1) is 0 Å². The fourth-order valence-electron chi connectivity index (χ4n) is 7.05. The Morgan fingerprint density at radius 1 is 0.976 bits per heavy atom. The SMILES string of the molecule is O=C1CCC(N2C(=O)c3cc(F)cc4c(Cc5ccc(CN6CCC7(CCCO7)CC6)cc5F)ccc2c34)C(=O)N1. The number of likely N-dealkylation sites (tertiary alicyclic amines) is 1. The molecule has 4 aliphatic rings. The summed E-state index contributed by atoms with van der Waals surface area (Å²) < 4.78 is 36.2. The predicted molar refractivity (Wildman–Crippen MR) is 149 cm³/mol. The highest BCUT2D eigenvalue weighted by atomic mass is 19.1. The average molecular weight is 560 g/mol. The van der Waals surface area contributed by atoms with Crippen LogP contribution in [0.1, 0.15) is 65.6 Å². The third kappa shape index (κ3) is 4.61. The van der Waals surface area contributed by atoms with E-state index in [1.54, 1.807) is 24.3 Å². The van der Waals surface area contributed by atoms with Crippen LogP contribution in [0.3, 0.4) is 0 Å². The number of hydrogen-bond acceptors (Lipinski definition) is 5. The fraction of sp³-hybridized carbons (Fsp3) is 0.406. The molecule has 3 fully saturated rings. The summed E-state index contributed by atoms with van der Waals surface area (Å²) in [4.78, 5) is 41.3. The smallest absolute Gasteiger partial charge is 0.259 e. The molecule has 3 aromatic rings. The van der Waals surface area contributed by atoms with Gasteiger partial charge in [-0.1, -0.05) is 18.2 Å².